The first-order chi connectivity index (χ1) is 22.9. The minimum absolute atomic E-state index is 0.0200. The standard InChI is InChI=1S/C37H49N5O5/c1-3-4-10-23-42(41(27-21-35(44)38-2)28-29-15-17-31(43)18-16-29)36(45)22-26-40-24-19-32(20-25-40)47-37(46)39-34-14-9-8-13-33(34)30-11-6-5-7-12-30/h5-9,11-18,32,43H,3-4,10,19-28H2,1-2H3,(H,38,44)(H,39,46). The molecule has 0 bridgehead atoms. The number of ether oxygens (including phenoxy) is 1. The molecule has 4 rings (SSSR count). The monoisotopic (exact) mass is 643 g/mol. The van der Waals surface area contributed by atoms with E-state index in [1.807, 2.05) is 76.7 Å². The van der Waals surface area contributed by atoms with E-state index in [1.165, 1.54) is 0 Å². The van der Waals surface area contributed by atoms with Gasteiger partial charge in [0.15, 0.2) is 0 Å². The van der Waals surface area contributed by atoms with Crippen molar-refractivity contribution in [2.45, 2.75) is 64.5 Å². The number of hydrogen-bond donors (Lipinski definition) is 3. The molecule has 252 valence electrons. The second kappa shape index (κ2) is 18.7. The fraction of sp³-hybridized carbons (Fsp3) is 0.432. The third-order valence-electron chi connectivity index (χ3n) is 8.48. The zero-order valence-electron chi connectivity index (χ0n) is 27.7. The average molecular weight is 644 g/mol. The molecule has 0 atom stereocenters. The van der Waals surface area contributed by atoms with Gasteiger partial charge in [-0.1, -0.05) is 80.4 Å². The van der Waals surface area contributed by atoms with Crippen LogP contribution in [0.25, 0.3) is 11.1 Å². The lowest BCUT2D eigenvalue weighted by molar-refractivity contribution is -0.152. The first-order valence-corrected chi connectivity index (χ1v) is 16.7. The van der Waals surface area contributed by atoms with Gasteiger partial charge in [0.05, 0.1) is 5.69 Å². The van der Waals surface area contributed by atoms with Gasteiger partial charge in [0.1, 0.15) is 11.9 Å². The fourth-order valence-electron chi connectivity index (χ4n) is 5.77. The lowest BCUT2D eigenvalue weighted by Gasteiger charge is -2.36. The maximum Gasteiger partial charge on any atom is 0.411 e. The number of hydrogen-bond acceptors (Lipinski definition) is 7. The molecule has 3 N–H and O–H groups in total. The van der Waals surface area contributed by atoms with Gasteiger partial charge in [0.2, 0.25) is 11.8 Å². The summed E-state index contributed by atoms with van der Waals surface area (Å²) in [7, 11) is 1.61. The van der Waals surface area contributed by atoms with E-state index in [2.05, 4.69) is 22.5 Å². The molecule has 0 unspecified atom stereocenters. The molecule has 1 aliphatic rings. The lowest BCUT2D eigenvalue weighted by Crippen LogP contribution is -2.49. The molecule has 1 fully saturated rings. The van der Waals surface area contributed by atoms with Gasteiger partial charge in [-0.3, -0.25) is 19.9 Å². The third kappa shape index (κ3) is 11.4. The summed E-state index contributed by atoms with van der Waals surface area (Å²) < 4.78 is 5.80. The van der Waals surface area contributed by atoms with Crippen LogP contribution >= 0.6 is 0 Å². The highest BCUT2D eigenvalue weighted by molar-refractivity contribution is 5.91. The number of hydrazine groups is 1. The van der Waals surface area contributed by atoms with Crippen LogP contribution in [0.1, 0.15) is 57.4 Å². The van der Waals surface area contributed by atoms with Crippen LogP contribution < -0.4 is 10.6 Å². The number of para-hydroxylation sites is 1. The van der Waals surface area contributed by atoms with Crippen molar-refractivity contribution >= 4 is 23.6 Å². The van der Waals surface area contributed by atoms with E-state index in [4.69, 9.17) is 4.74 Å². The highest BCUT2D eigenvalue weighted by Gasteiger charge is 2.26. The SMILES string of the molecule is CCCCCN(C(=O)CCN1CCC(OC(=O)Nc2ccccc2-c2ccccc2)CC1)N(CCC(=O)NC)Cc1ccc(O)cc1. The van der Waals surface area contributed by atoms with Crippen molar-refractivity contribution < 1.29 is 24.2 Å². The van der Waals surface area contributed by atoms with Gasteiger partial charge in [-0.25, -0.2) is 9.80 Å². The minimum atomic E-state index is -0.463. The molecular formula is C37H49N5O5. The predicted molar refractivity (Wildman–Crippen MR) is 184 cm³/mol. The van der Waals surface area contributed by atoms with Crippen molar-refractivity contribution in [3.8, 4) is 16.9 Å². The van der Waals surface area contributed by atoms with Crippen molar-refractivity contribution in [3.05, 3.63) is 84.4 Å². The molecule has 47 heavy (non-hydrogen) atoms. The summed E-state index contributed by atoms with van der Waals surface area (Å²) in [5.41, 5.74) is 3.61. The first kappa shape index (κ1) is 35.4. The van der Waals surface area contributed by atoms with Crippen molar-refractivity contribution in [1.29, 1.82) is 0 Å². The van der Waals surface area contributed by atoms with Crippen LogP contribution in [-0.2, 0) is 20.9 Å². The Kier molecular flexibility index (Phi) is 14.1. The zero-order valence-corrected chi connectivity index (χ0v) is 27.7. The normalized spacial score (nSPS) is 13.7. The quantitative estimate of drug-likeness (QED) is 0.129. The number of carbonyl (C=O) groups excluding carboxylic acids is 3. The molecule has 0 aliphatic carbocycles. The number of nitrogens with zero attached hydrogens (tertiary/aromatic N) is 3. The Bertz CT molecular complexity index is 1410. The highest BCUT2D eigenvalue weighted by atomic mass is 16.6. The number of phenols is 1. The summed E-state index contributed by atoms with van der Waals surface area (Å²) >= 11 is 0. The van der Waals surface area contributed by atoms with Gasteiger partial charge in [-0.15, -0.1) is 0 Å². The Morgan fingerprint density at radius 1 is 0.894 bits per heavy atom. The predicted octanol–water partition coefficient (Wildman–Crippen LogP) is 6.03. The molecule has 0 spiro atoms. The number of nitrogens with one attached hydrogen (secondary N) is 2. The molecule has 1 aliphatic heterocycles. The highest BCUT2D eigenvalue weighted by Crippen LogP contribution is 2.28. The molecule has 0 saturated carbocycles. The van der Waals surface area contributed by atoms with Crippen LogP contribution in [0.3, 0.4) is 0 Å². The van der Waals surface area contributed by atoms with Crippen LogP contribution in [-0.4, -0.2) is 83.8 Å². The Morgan fingerprint density at radius 2 is 1.60 bits per heavy atom. The first-order valence-electron chi connectivity index (χ1n) is 16.7. The van der Waals surface area contributed by atoms with E-state index in [0.717, 1.165) is 49.0 Å². The summed E-state index contributed by atoms with van der Waals surface area (Å²) in [4.78, 5) is 41.0. The molecule has 1 heterocycles. The molecule has 3 amide bonds. The lowest BCUT2D eigenvalue weighted by atomic mass is 10.0. The van der Waals surface area contributed by atoms with Gasteiger partial charge in [-0.2, -0.15) is 0 Å². The molecule has 0 radical (unpaired) electrons. The number of phenolic OH excluding ortho intramolecular Hbond substituents is 1. The zero-order chi connectivity index (χ0) is 33.4. The molecule has 10 nitrogen and oxygen atoms in total. The van der Waals surface area contributed by atoms with Crippen molar-refractivity contribution in [3.63, 3.8) is 0 Å². The molecule has 0 aromatic heterocycles. The van der Waals surface area contributed by atoms with Gasteiger partial charge >= 0.3 is 6.09 Å². The topological polar surface area (TPSA) is 114 Å². The van der Waals surface area contributed by atoms with E-state index in [0.29, 0.717) is 51.1 Å². The number of anilines is 1. The fourth-order valence-corrected chi connectivity index (χ4v) is 5.77. The van der Waals surface area contributed by atoms with Crippen LogP contribution in [0.4, 0.5) is 10.5 Å². The summed E-state index contributed by atoms with van der Waals surface area (Å²) in [6.45, 7) is 5.64. The Labute approximate surface area is 278 Å². The second-order valence-electron chi connectivity index (χ2n) is 11.9. The number of aromatic hydroxyl groups is 1. The number of unbranched alkanes of at least 4 members (excludes halogenated alkanes) is 2. The van der Waals surface area contributed by atoms with E-state index in [1.54, 1.807) is 19.2 Å². The third-order valence-corrected chi connectivity index (χ3v) is 8.48. The second-order valence-corrected chi connectivity index (χ2v) is 11.9. The maximum atomic E-state index is 13.7. The van der Waals surface area contributed by atoms with Crippen molar-refractivity contribution in [2.24, 2.45) is 0 Å². The average Bonchev–Trinajstić information content (AvgIpc) is 3.09. The summed E-state index contributed by atoms with van der Waals surface area (Å²) in [6.07, 6.45) is 4.26. The van der Waals surface area contributed by atoms with E-state index >= 15 is 0 Å². The van der Waals surface area contributed by atoms with Gasteiger partial charge in [0.25, 0.3) is 0 Å². The molecular weight excluding hydrogens is 594 g/mol. The van der Waals surface area contributed by atoms with E-state index < -0.39 is 6.09 Å². The number of amides is 3. The Hall–Kier alpha value is -4.41. The van der Waals surface area contributed by atoms with Gasteiger partial charge in [0, 0.05) is 64.7 Å². The molecule has 1 saturated heterocycles. The van der Waals surface area contributed by atoms with Crippen LogP contribution in [0, 0.1) is 0 Å². The molecule has 3 aromatic carbocycles. The smallest absolute Gasteiger partial charge is 0.411 e. The van der Waals surface area contributed by atoms with Crippen LogP contribution in [0.2, 0.25) is 0 Å². The number of benzene rings is 3. The summed E-state index contributed by atoms with van der Waals surface area (Å²) in [6, 6.07) is 24.6. The number of piperidine rings is 1. The van der Waals surface area contributed by atoms with Crippen molar-refractivity contribution in [2.75, 3.05) is 45.1 Å². The van der Waals surface area contributed by atoms with E-state index in [-0.39, 0.29) is 30.1 Å². The van der Waals surface area contributed by atoms with Crippen LogP contribution in [0.15, 0.2) is 78.9 Å². The van der Waals surface area contributed by atoms with Gasteiger partial charge in [-0.05, 0) is 48.6 Å². The molecule has 3 aromatic rings. The number of carbonyl (C=O) groups is 3. The van der Waals surface area contributed by atoms with E-state index in [9.17, 15) is 19.5 Å². The Balaban J connectivity index is 1.30. The van der Waals surface area contributed by atoms with Crippen molar-refractivity contribution in [1.82, 2.24) is 20.2 Å². The minimum Gasteiger partial charge on any atom is -0.508 e. The number of likely N-dealkylation sites (tertiary alicyclic amines) is 1. The Morgan fingerprint density at radius 3 is 2.30 bits per heavy atom. The van der Waals surface area contributed by atoms with Crippen LogP contribution in [0.5, 0.6) is 5.75 Å². The maximum absolute atomic E-state index is 13.7. The molecule has 10 heteroatoms. The van der Waals surface area contributed by atoms with Gasteiger partial charge < -0.3 is 20.1 Å². The number of rotatable bonds is 16. The largest absolute Gasteiger partial charge is 0.508 e. The summed E-state index contributed by atoms with van der Waals surface area (Å²) in [5, 5.41) is 19.1. The summed E-state index contributed by atoms with van der Waals surface area (Å²) in [5.74, 6) is 0.122.